The number of anilines is 1. The summed E-state index contributed by atoms with van der Waals surface area (Å²) < 4.78 is 13.2. The maximum Gasteiger partial charge on any atom is 0.337 e. The fraction of sp³-hybridized carbons (Fsp3) is 0.455. The van der Waals surface area contributed by atoms with Crippen LogP contribution < -0.4 is 4.90 Å². The van der Waals surface area contributed by atoms with Crippen LogP contribution in [0.3, 0.4) is 0 Å². The van der Waals surface area contributed by atoms with Crippen molar-refractivity contribution in [3.8, 4) is 0 Å². The Bertz CT molecular complexity index is 380. The maximum atomic E-state index is 13.2. The second-order valence-electron chi connectivity index (χ2n) is 3.90. The van der Waals surface area contributed by atoms with Gasteiger partial charge >= 0.3 is 5.97 Å². The van der Waals surface area contributed by atoms with E-state index in [1.165, 1.54) is 12.3 Å². The van der Waals surface area contributed by atoms with Crippen molar-refractivity contribution in [2.24, 2.45) is 0 Å². The molecule has 4 nitrogen and oxygen atoms in total. The van der Waals surface area contributed by atoms with Crippen LogP contribution in [0.1, 0.15) is 23.2 Å². The number of aromatic nitrogens is 1. The number of halogens is 1. The van der Waals surface area contributed by atoms with E-state index in [0.717, 1.165) is 13.0 Å². The molecule has 2 rings (SSSR count). The van der Waals surface area contributed by atoms with Crippen molar-refractivity contribution >= 4 is 11.8 Å². The summed E-state index contributed by atoms with van der Waals surface area (Å²) in [5, 5.41) is 8.71. The highest BCUT2D eigenvalue weighted by Crippen LogP contribution is 2.19. The molecule has 0 amide bonds. The van der Waals surface area contributed by atoms with E-state index in [1.807, 2.05) is 4.90 Å². The zero-order valence-electron chi connectivity index (χ0n) is 8.77. The lowest BCUT2D eigenvalue weighted by atomic mass is 10.1. The van der Waals surface area contributed by atoms with E-state index in [1.54, 1.807) is 6.07 Å². The van der Waals surface area contributed by atoms with E-state index in [0.29, 0.717) is 18.8 Å². The molecule has 0 aliphatic carbocycles. The molecule has 2 heterocycles. The number of aromatic carboxylic acids is 1. The number of hydrogen-bond acceptors (Lipinski definition) is 3. The van der Waals surface area contributed by atoms with E-state index >= 15 is 0 Å². The van der Waals surface area contributed by atoms with Crippen molar-refractivity contribution in [3.63, 3.8) is 0 Å². The van der Waals surface area contributed by atoms with Gasteiger partial charge in [0.2, 0.25) is 0 Å². The third-order valence-electron chi connectivity index (χ3n) is 2.68. The molecule has 1 fully saturated rings. The number of piperidine rings is 1. The third kappa shape index (κ3) is 2.29. The van der Waals surface area contributed by atoms with Crippen molar-refractivity contribution in [2.45, 2.75) is 19.0 Å². The molecular formula is C11H13FN2O2. The molecule has 1 aliphatic rings. The number of nitrogens with zero attached hydrogens (tertiary/aromatic N) is 2. The fourth-order valence-electron chi connectivity index (χ4n) is 1.83. The van der Waals surface area contributed by atoms with Crippen LogP contribution in [0.5, 0.6) is 0 Å². The number of carboxylic acids is 1. The molecule has 1 saturated heterocycles. The predicted octanol–water partition coefficient (Wildman–Crippen LogP) is 1.72. The molecule has 0 aromatic carbocycles. The Morgan fingerprint density at radius 1 is 1.56 bits per heavy atom. The van der Waals surface area contributed by atoms with Gasteiger partial charge in [0.1, 0.15) is 12.0 Å². The molecule has 86 valence electrons. The summed E-state index contributed by atoms with van der Waals surface area (Å²) in [5.74, 6) is -0.353. The Hall–Kier alpha value is -1.65. The lowest BCUT2D eigenvalue weighted by Crippen LogP contribution is -2.36. The molecule has 1 aromatic heterocycles. The van der Waals surface area contributed by atoms with Crippen LogP contribution in [-0.2, 0) is 0 Å². The summed E-state index contributed by atoms with van der Waals surface area (Å²) in [4.78, 5) is 16.5. The first-order valence-corrected chi connectivity index (χ1v) is 5.25. The Labute approximate surface area is 92.7 Å². The second-order valence-corrected chi connectivity index (χ2v) is 3.90. The minimum absolute atomic E-state index is 0.151. The van der Waals surface area contributed by atoms with Gasteiger partial charge in [-0.05, 0) is 25.0 Å². The minimum Gasteiger partial charge on any atom is -0.478 e. The number of carbonyl (C=O) groups is 1. The van der Waals surface area contributed by atoms with Crippen LogP contribution in [0.2, 0.25) is 0 Å². The van der Waals surface area contributed by atoms with Crippen LogP contribution in [0.25, 0.3) is 0 Å². The summed E-state index contributed by atoms with van der Waals surface area (Å²) in [6.45, 7) is 1.12. The van der Waals surface area contributed by atoms with Gasteiger partial charge in [0.05, 0.1) is 12.1 Å². The highest BCUT2D eigenvalue weighted by molar-refractivity contribution is 5.87. The summed E-state index contributed by atoms with van der Waals surface area (Å²) >= 11 is 0. The molecular weight excluding hydrogens is 211 g/mol. The predicted molar refractivity (Wildman–Crippen MR) is 57.5 cm³/mol. The number of alkyl halides is 1. The summed E-state index contributed by atoms with van der Waals surface area (Å²) in [7, 11) is 0. The molecule has 1 aromatic rings. The third-order valence-corrected chi connectivity index (χ3v) is 2.68. The Kier molecular flexibility index (Phi) is 3.03. The lowest BCUT2D eigenvalue weighted by Gasteiger charge is -2.29. The van der Waals surface area contributed by atoms with Crippen molar-refractivity contribution in [1.82, 2.24) is 4.98 Å². The van der Waals surface area contributed by atoms with Crippen molar-refractivity contribution in [3.05, 3.63) is 23.9 Å². The number of carboxylic acid groups (broad SMARTS) is 1. The Balaban J connectivity index is 2.11. The number of hydrogen-bond donors (Lipinski definition) is 1. The van der Waals surface area contributed by atoms with E-state index < -0.39 is 12.1 Å². The van der Waals surface area contributed by atoms with Gasteiger partial charge in [-0.2, -0.15) is 0 Å². The van der Waals surface area contributed by atoms with Gasteiger partial charge in [0, 0.05) is 12.7 Å². The van der Waals surface area contributed by atoms with Crippen molar-refractivity contribution in [2.75, 3.05) is 18.0 Å². The average molecular weight is 224 g/mol. The van der Waals surface area contributed by atoms with Crippen LogP contribution >= 0.6 is 0 Å². The summed E-state index contributed by atoms with van der Waals surface area (Å²) in [5.41, 5.74) is 0.151. The Morgan fingerprint density at radius 3 is 2.94 bits per heavy atom. The second kappa shape index (κ2) is 4.47. The average Bonchev–Trinajstić information content (AvgIpc) is 2.29. The lowest BCUT2D eigenvalue weighted by molar-refractivity contribution is 0.0696. The molecule has 0 radical (unpaired) electrons. The Morgan fingerprint density at radius 2 is 2.38 bits per heavy atom. The zero-order chi connectivity index (χ0) is 11.5. The monoisotopic (exact) mass is 224 g/mol. The van der Waals surface area contributed by atoms with Crippen LogP contribution in [0.15, 0.2) is 18.3 Å². The molecule has 1 atom stereocenters. The standard InChI is InChI=1S/C11H13FN2O2/c12-9-2-1-5-14(7-9)10-4-3-8(6-13-10)11(15)16/h3-4,6,9H,1-2,5,7H2,(H,15,16). The molecule has 16 heavy (non-hydrogen) atoms. The van der Waals surface area contributed by atoms with E-state index in [-0.39, 0.29) is 5.56 Å². The molecule has 1 N–H and O–H groups in total. The van der Waals surface area contributed by atoms with Crippen molar-refractivity contribution < 1.29 is 14.3 Å². The minimum atomic E-state index is -0.999. The molecule has 1 unspecified atom stereocenters. The highest BCUT2D eigenvalue weighted by atomic mass is 19.1. The first kappa shape index (κ1) is 10.9. The van der Waals surface area contributed by atoms with Crippen molar-refractivity contribution in [1.29, 1.82) is 0 Å². The smallest absolute Gasteiger partial charge is 0.337 e. The quantitative estimate of drug-likeness (QED) is 0.831. The van der Waals surface area contributed by atoms with Gasteiger partial charge in [-0.25, -0.2) is 14.2 Å². The zero-order valence-corrected chi connectivity index (χ0v) is 8.77. The highest BCUT2D eigenvalue weighted by Gasteiger charge is 2.20. The van der Waals surface area contributed by atoms with Gasteiger partial charge in [-0.15, -0.1) is 0 Å². The number of pyridine rings is 1. The fourth-order valence-corrected chi connectivity index (χ4v) is 1.83. The van der Waals surface area contributed by atoms with E-state index in [2.05, 4.69) is 4.98 Å². The van der Waals surface area contributed by atoms with Gasteiger partial charge in [-0.1, -0.05) is 0 Å². The van der Waals surface area contributed by atoms with Crippen LogP contribution in [0, 0.1) is 0 Å². The number of rotatable bonds is 2. The van der Waals surface area contributed by atoms with Crippen LogP contribution in [0.4, 0.5) is 10.2 Å². The first-order valence-electron chi connectivity index (χ1n) is 5.25. The van der Waals surface area contributed by atoms with Gasteiger partial charge in [0.15, 0.2) is 0 Å². The molecule has 0 spiro atoms. The maximum absolute atomic E-state index is 13.2. The summed E-state index contributed by atoms with van der Waals surface area (Å²) in [6.07, 6.45) is 1.90. The molecule has 5 heteroatoms. The normalized spacial score (nSPS) is 20.8. The van der Waals surface area contributed by atoms with Gasteiger partial charge in [-0.3, -0.25) is 0 Å². The van der Waals surface area contributed by atoms with E-state index in [4.69, 9.17) is 5.11 Å². The summed E-state index contributed by atoms with van der Waals surface area (Å²) in [6, 6.07) is 3.12. The van der Waals surface area contributed by atoms with Gasteiger partial charge in [0.25, 0.3) is 0 Å². The SMILES string of the molecule is O=C(O)c1ccc(N2CCCC(F)C2)nc1. The topological polar surface area (TPSA) is 53.4 Å². The van der Waals surface area contributed by atoms with E-state index in [9.17, 15) is 9.18 Å². The molecule has 0 saturated carbocycles. The molecule has 0 bridgehead atoms. The first-order chi connectivity index (χ1) is 7.66. The molecule has 1 aliphatic heterocycles. The van der Waals surface area contributed by atoms with Gasteiger partial charge < -0.3 is 10.0 Å². The van der Waals surface area contributed by atoms with Crippen LogP contribution in [-0.4, -0.2) is 35.3 Å². The largest absolute Gasteiger partial charge is 0.478 e.